The van der Waals surface area contributed by atoms with Crippen LogP contribution in [-0.2, 0) is 0 Å². The molecule has 4 nitrogen and oxygen atoms in total. The van der Waals surface area contributed by atoms with E-state index in [-0.39, 0.29) is 0 Å². The van der Waals surface area contributed by atoms with Crippen LogP contribution < -0.4 is 14.8 Å². The molecule has 4 rings (SSSR count). The Bertz CT molecular complexity index is 662. The fraction of sp³-hybridized carbons (Fsp3) is 0.438. The molecule has 0 amide bonds. The Morgan fingerprint density at radius 1 is 1.24 bits per heavy atom. The Balaban J connectivity index is 1.69. The quantitative estimate of drug-likeness (QED) is 0.926. The van der Waals surface area contributed by atoms with E-state index in [0.717, 1.165) is 35.8 Å². The van der Waals surface area contributed by atoms with E-state index in [1.54, 1.807) is 0 Å². The molecule has 0 radical (unpaired) electrons. The molecule has 0 spiro atoms. The molecule has 2 aromatic rings. The predicted octanol–water partition coefficient (Wildman–Crippen LogP) is 2.97. The zero-order valence-corrected chi connectivity index (χ0v) is 12.8. The maximum absolute atomic E-state index is 5.67. The first-order chi connectivity index (χ1) is 10.3. The highest BCUT2D eigenvalue weighted by Gasteiger charge is 2.22. The van der Waals surface area contributed by atoms with E-state index in [2.05, 4.69) is 18.3 Å². The van der Waals surface area contributed by atoms with Gasteiger partial charge in [0.1, 0.15) is 13.2 Å². The van der Waals surface area contributed by atoms with Gasteiger partial charge in [0.25, 0.3) is 0 Å². The largest absolute Gasteiger partial charge is 0.486 e. The molecule has 2 aliphatic rings. The van der Waals surface area contributed by atoms with Gasteiger partial charge in [-0.1, -0.05) is 0 Å². The van der Waals surface area contributed by atoms with Crippen LogP contribution in [-0.4, -0.2) is 31.3 Å². The van der Waals surface area contributed by atoms with Gasteiger partial charge in [-0.15, -0.1) is 11.3 Å². The van der Waals surface area contributed by atoms with Crippen molar-refractivity contribution in [1.82, 2.24) is 10.3 Å². The van der Waals surface area contributed by atoms with Crippen LogP contribution in [0.15, 0.2) is 18.2 Å². The van der Waals surface area contributed by atoms with Gasteiger partial charge in [-0.25, -0.2) is 4.98 Å². The van der Waals surface area contributed by atoms with Gasteiger partial charge in [-0.2, -0.15) is 0 Å². The standard InChI is InChI=1S/C16H18N2O2S/c1-10-15(18-16(21-10)12-4-5-17-9-12)11-2-3-13-14(8-11)20-7-6-19-13/h2-3,8,12,17H,4-7,9H2,1H3. The van der Waals surface area contributed by atoms with Crippen LogP contribution in [0.1, 0.15) is 22.2 Å². The summed E-state index contributed by atoms with van der Waals surface area (Å²) in [5.41, 5.74) is 2.20. The minimum absolute atomic E-state index is 0.569. The number of fused-ring (bicyclic) bond motifs is 1. The van der Waals surface area contributed by atoms with Gasteiger partial charge in [0.05, 0.1) is 10.7 Å². The summed E-state index contributed by atoms with van der Waals surface area (Å²) in [7, 11) is 0. The Morgan fingerprint density at radius 3 is 2.90 bits per heavy atom. The van der Waals surface area contributed by atoms with Crippen molar-refractivity contribution in [2.24, 2.45) is 0 Å². The van der Waals surface area contributed by atoms with Crippen LogP contribution in [0.4, 0.5) is 0 Å². The highest BCUT2D eigenvalue weighted by molar-refractivity contribution is 7.12. The monoisotopic (exact) mass is 302 g/mol. The first kappa shape index (κ1) is 13.1. The summed E-state index contributed by atoms with van der Waals surface area (Å²) in [6.07, 6.45) is 1.19. The van der Waals surface area contributed by atoms with Crippen molar-refractivity contribution in [3.05, 3.63) is 28.1 Å². The van der Waals surface area contributed by atoms with Gasteiger partial charge in [0.2, 0.25) is 0 Å². The van der Waals surface area contributed by atoms with Gasteiger partial charge in [-0.05, 0) is 38.1 Å². The molecule has 21 heavy (non-hydrogen) atoms. The average Bonchev–Trinajstić information content (AvgIpc) is 3.16. The molecule has 3 heterocycles. The lowest BCUT2D eigenvalue weighted by atomic mass is 10.1. The second-order valence-electron chi connectivity index (χ2n) is 5.51. The van der Waals surface area contributed by atoms with E-state index < -0.39 is 0 Å². The van der Waals surface area contributed by atoms with Crippen molar-refractivity contribution in [1.29, 1.82) is 0 Å². The van der Waals surface area contributed by atoms with Crippen LogP contribution in [0.3, 0.4) is 0 Å². The number of rotatable bonds is 2. The Morgan fingerprint density at radius 2 is 2.10 bits per heavy atom. The number of hydrogen-bond donors (Lipinski definition) is 1. The molecule has 1 aromatic carbocycles. The summed E-state index contributed by atoms with van der Waals surface area (Å²) in [6, 6.07) is 6.11. The van der Waals surface area contributed by atoms with Crippen LogP contribution in [0.2, 0.25) is 0 Å². The molecule has 1 saturated heterocycles. The average molecular weight is 302 g/mol. The van der Waals surface area contributed by atoms with Gasteiger partial charge in [-0.3, -0.25) is 0 Å². The Hall–Kier alpha value is -1.59. The molecule has 0 saturated carbocycles. The summed E-state index contributed by atoms with van der Waals surface area (Å²) in [6.45, 7) is 5.54. The van der Waals surface area contributed by atoms with Crippen molar-refractivity contribution in [2.45, 2.75) is 19.3 Å². The Labute approximate surface area is 128 Å². The van der Waals surface area contributed by atoms with E-state index in [4.69, 9.17) is 14.5 Å². The van der Waals surface area contributed by atoms with Crippen LogP contribution in [0, 0.1) is 6.92 Å². The van der Waals surface area contributed by atoms with Crippen LogP contribution in [0.5, 0.6) is 11.5 Å². The molecule has 1 fully saturated rings. The van der Waals surface area contributed by atoms with E-state index >= 15 is 0 Å². The van der Waals surface area contributed by atoms with Crippen molar-refractivity contribution in [3.63, 3.8) is 0 Å². The van der Waals surface area contributed by atoms with Crippen molar-refractivity contribution >= 4 is 11.3 Å². The highest BCUT2D eigenvalue weighted by Crippen LogP contribution is 2.38. The van der Waals surface area contributed by atoms with Gasteiger partial charge in [0.15, 0.2) is 11.5 Å². The second kappa shape index (κ2) is 5.31. The van der Waals surface area contributed by atoms with E-state index in [0.29, 0.717) is 19.1 Å². The fourth-order valence-electron chi connectivity index (χ4n) is 2.92. The first-order valence-corrected chi connectivity index (χ1v) is 8.21. The number of aryl methyl sites for hydroxylation is 1. The summed E-state index contributed by atoms with van der Waals surface area (Å²) in [5, 5.41) is 4.66. The fourth-order valence-corrected chi connectivity index (χ4v) is 3.99. The smallest absolute Gasteiger partial charge is 0.162 e. The Kier molecular flexibility index (Phi) is 3.31. The van der Waals surface area contributed by atoms with E-state index in [1.165, 1.54) is 16.3 Å². The third-order valence-electron chi connectivity index (χ3n) is 4.04. The molecule has 110 valence electrons. The number of ether oxygens (including phenoxy) is 2. The molecule has 1 N–H and O–H groups in total. The number of nitrogens with one attached hydrogen (secondary N) is 1. The second-order valence-corrected chi connectivity index (χ2v) is 6.74. The lowest BCUT2D eigenvalue weighted by molar-refractivity contribution is 0.171. The zero-order valence-electron chi connectivity index (χ0n) is 12.0. The van der Waals surface area contributed by atoms with Crippen molar-refractivity contribution < 1.29 is 9.47 Å². The first-order valence-electron chi connectivity index (χ1n) is 7.39. The molecule has 1 atom stereocenters. The van der Waals surface area contributed by atoms with Crippen LogP contribution >= 0.6 is 11.3 Å². The minimum atomic E-state index is 0.569. The lowest BCUT2D eigenvalue weighted by Crippen LogP contribution is -2.15. The zero-order chi connectivity index (χ0) is 14.2. The van der Waals surface area contributed by atoms with E-state index in [9.17, 15) is 0 Å². The molecule has 1 aromatic heterocycles. The number of aromatic nitrogens is 1. The number of hydrogen-bond acceptors (Lipinski definition) is 5. The normalized spacial score (nSPS) is 20.7. The number of benzene rings is 1. The summed E-state index contributed by atoms with van der Waals surface area (Å²) in [4.78, 5) is 6.16. The SMILES string of the molecule is Cc1sc(C2CCNC2)nc1-c1ccc2c(c1)OCCO2. The van der Waals surface area contributed by atoms with Crippen LogP contribution in [0.25, 0.3) is 11.3 Å². The third kappa shape index (κ3) is 2.40. The van der Waals surface area contributed by atoms with Gasteiger partial charge >= 0.3 is 0 Å². The molecule has 0 bridgehead atoms. The van der Waals surface area contributed by atoms with E-state index in [1.807, 2.05) is 23.5 Å². The third-order valence-corrected chi connectivity index (χ3v) is 5.17. The number of thiazole rings is 1. The molecular weight excluding hydrogens is 284 g/mol. The molecule has 5 heteroatoms. The summed E-state index contributed by atoms with van der Waals surface area (Å²) >= 11 is 1.82. The van der Waals surface area contributed by atoms with Crippen molar-refractivity contribution in [3.8, 4) is 22.8 Å². The van der Waals surface area contributed by atoms with Crippen molar-refractivity contribution in [2.75, 3.05) is 26.3 Å². The summed E-state index contributed by atoms with van der Waals surface area (Å²) in [5.74, 6) is 2.23. The lowest BCUT2D eigenvalue weighted by Gasteiger charge is -2.18. The highest BCUT2D eigenvalue weighted by atomic mass is 32.1. The maximum atomic E-state index is 5.67. The topological polar surface area (TPSA) is 43.4 Å². The number of nitrogens with zero attached hydrogens (tertiary/aromatic N) is 1. The molecule has 1 unspecified atom stereocenters. The molecule has 2 aliphatic heterocycles. The molecule has 0 aliphatic carbocycles. The maximum Gasteiger partial charge on any atom is 0.162 e. The summed E-state index contributed by atoms with van der Waals surface area (Å²) < 4.78 is 11.3. The van der Waals surface area contributed by atoms with Gasteiger partial charge in [0, 0.05) is 22.9 Å². The van der Waals surface area contributed by atoms with Gasteiger partial charge < -0.3 is 14.8 Å². The predicted molar refractivity (Wildman–Crippen MR) is 83.5 cm³/mol. The minimum Gasteiger partial charge on any atom is -0.486 e. The molecular formula is C16H18N2O2S.